The van der Waals surface area contributed by atoms with E-state index >= 15 is 0 Å². The minimum atomic E-state index is -0.215. The fourth-order valence-electron chi connectivity index (χ4n) is 2.91. The number of hydrogen-bond donors (Lipinski definition) is 1. The quantitative estimate of drug-likeness (QED) is 0.934. The minimum Gasteiger partial charge on any atom is -0.482 e. The number of rotatable bonds is 4. The third kappa shape index (κ3) is 3.24. The maximum atomic E-state index is 6.14. The van der Waals surface area contributed by atoms with Gasteiger partial charge in [-0.25, -0.2) is 0 Å². The normalized spacial score (nSPS) is 16.9. The van der Waals surface area contributed by atoms with Crippen molar-refractivity contribution < 1.29 is 4.74 Å². The Morgan fingerprint density at radius 2 is 1.90 bits per heavy atom. The lowest BCUT2D eigenvalue weighted by Crippen LogP contribution is -2.29. The maximum absolute atomic E-state index is 6.14. The summed E-state index contributed by atoms with van der Waals surface area (Å²) in [5.41, 5.74) is 9.85. The van der Waals surface area contributed by atoms with Crippen molar-refractivity contribution in [2.24, 2.45) is 5.73 Å². The van der Waals surface area contributed by atoms with Gasteiger partial charge >= 0.3 is 0 Å². The Labute approximate surface area is 126 Å². The van der Waals surface area contributed by atoms with Crippen molar-refractivity contribution >= 4 is 0 Å². The number of hydrogen-bond acceptors (Lipinski definition) is 3. The lowest BCUT2D eigenvalue weighted by atomic mass is 9.92. The van der Waals surface area contributed by atoms with Gasteiger partial charge < -0.3 is 10.5 Å². The van der Waals surface area contributed by atoms with Crippen LogP contribution in [-0.4, -0.2) is 11.0 Å². The van der Waals surface area contributed by atoms with E-state index < -0.39 is 0 Å². The minimum absolute atomic E-state index is 0.115. The van der Waals surface area contributed by atoms with Crippen LogP contribution in [0.4, 0.5) is 0 Å². The first kappa shape index (κ1) is 14.1. The summed E-state index contributed by atoms with van der Waals surface area (Å²) in [5, 5.41) is 0. The van der Waals surface area contributed by atoms with E-state index in [1.54, 1.807) is 6.20 Å². The smallest absolute Gasteiger partial charge is 0.155 e. The average molecular weight is 282 g/mol. The van der Waals surface area contributed by atoms with E-state index in [0.717, 1.165) is 17.9 Å². The number of aryl methyl sites for hydroxylation is 2. The van der Waals surface area contributed by atoms with Crippen LogP contribution in [-0.2, 0) is 12.8 Å². The van der Waals surface area contributed by atoms with Crippen molar-refractivity contribution in [3.05, 3.63) is 59.4 Å². The molecule has 0 fully saturated rings. The molecule has 0 amide bonds. The topological polar surface area (TPSA) is 48.1 Å². The molecule has 1 aliphatic rings. The Hall–Kier alpha value is -1.87. The van der Waals surface area contributed by atoms with Gasteiger partial charge in [0.2, 0.25) is 0 Å². The van der Waals surface area contributed by atoms with E-state index in [2.05, 4.69) is 23.2 Å². The van der Waals surface area contributed by atoms with Crippen LogP contribution in [0.25, 0.3) is 0 Å². The van der Waals surface area contributed by atoms with E-state index in [1.807, 2.05) is 25.1 Å². The van der Waals surface area contributed by atoms with Gasteiger partial charge in [0.05, 0.1) is 5.69 Å². The second-order valence-corrected chi connectivity index (χ2v) is 5.79. The van der Waals surface area contributed by atoms with E-state index in [9.17, 15) is 0 Å². The van der Waals surface area contributed by atoms with E-state index in [0.29, 0.717) is 0 Å². The van der Waals surface area contributed by atoms with Crippen molar-refractivity contribution in [1.29, 1.82) is 0 Å². The third-order valence-corrected chi connectivity index (χ3v) is 4.04. The second-order valence-electron chi connectivity index (χ2n) is 5.79. The van der Waals surface area contributed by atoms with Gasteiger partial charge in [-0.3, -0.25) is 4.98 Å². The fraction of sp³-hybridized carbons (Fsp3) is 0.389. The summed E-state index contributed by atoms with van der Waals surface area (Å²) in [4.78, 5) is 4.38. The van der Waals surface area contributed by atoms with Crippen molar-refractivity contribution in [3.63, 3.8) is 0 Å². The number of ether oxygens (including phenoxy) is 1. The van der Waals surface area contributed by atoms with Crippen LogP contribution in [0.3, 0.4) is 0 Å². The highest BCUT2D eigenvalue weighted by atomic mass is 16.5. The third-order valence-electron chi connectivity index (χ3n) is 4.04. The molecule has 0 saturated carbocycles. The molecule has 0 radical (unpaired) electrons. The molecule has 1 heterocycles. The summed E-state index contributed by atoms with van der Waals surface area (Å²) in [7, 11) is 0. The number of benzene rings is 1. The fourth-order valence-corrected chi connectivity index (χ4v) is 2.91. The largest absolute Gasteiger partial charge is 0.482 e. The molecule has 2 unspecified atom stereocenters. The van der Waals surface area contributed by atoms with Crippen LogP contribution in [0.1, 0.15) is 42.7 Å². The summed E-state index contributed by atoms with van der Waals surface area (Å²) >= 11 is 0. The Balaban J connectivity index is 1.83. The van der Waals surface area contributed by atoms with Crippen LogP contribution in [0.5, 0.6) is 5.75 Å². The molecule has 2 atom stereocenters. The van der Waals surface area contributed by atoms with Gasteiger partial charge in [-0.2, -0.15) is 0 Å². The summed E-state index contributed by atoms with van der Waals surface area (Å²) in [6.45, 7) is 1.96. The molecule has 3 rings (SSSR count). The zero-order valence-corrected chi connectivity index (χ0v) is 12.5. The lowest BCUT2D eigenvalue weighted by molar-refractivity contribution is 0.175. The molecule has 21 heavy (non-hydrogen) atoms. The van der Waals surface area contributed by atoms with Gasteiger partial charge in [-0.15, -0.1) is 0 Å². The average Bonchev–Trinajstić information content (AvgIpc) is 2.53. The predicted molar refractivity (Wildman–Crippen MR) is 84.3 cm³/mol. The van der Waals surface area contributed by atoms with Crippen LogP contribution in [0.15, 0.2) is 42.6 Å². The molecule has 0 bridgehead atoms. The van der Waals surface area contributed by atoms with Crippen molar-refractivity contribution in [3.8, 4) is 5.75 Å². The molecule has 1 aromatic carbocycles. The van der Waals surface area contributed by atoms with Gasteiger partial charge in [-0.1, -0.05) is 12.1 Å². The number of aromatic nitrogens is 1. The second kappa shape index (κ2) is 6.27. The molecule has 1 aliphatic carbocycles. The van der Waals surface area contributed by atoms with Gasteiger partial charge in [0.25, 0.3) is 0 Å². The Morgan fingerprint density at radius 3 is 2.62 bits per heavy atom. The van der Waals surface area contributed by atoms with E-state index in [4.69, 9.17) is 10.5 Å². The van der Waals surface area contributed by atoms with Gasteiger partial charge in [0.15, 0.2) is 6.10 Å². The van der Waals surface area contributed by atoms with Crippen LogP contribution in [0, 0.1) is 0 Å². The molecular weight excluding hydrogens is 260 g/mol. The molecule has 0 spiro atoms. The highest BCUT2D eigenvalue weighted by Gasteiger charge is 2.20. The van der Waals surface area contributed by atoms with Gasteiger partial charge in [-0.05, 0) is 68.0 Å². The highest BCUT2D eigenvalue weighted by Crippen LogP contribution is 2.28. The number of pyridine rings is 1. The summed E-state index contributed by atoms with van der Waals surface area (Å²) in [6, 6.07) is 12.1. The van der Waals surface area contributed by atoms with Crippen molar-refractivity contribution in [1.82, 2.24) is 4.98 Å². The van der Waals surface area contributed by atoms with Crippen LogP contribution >= 0.6 is 0 Å². The van der Waals surface area contributed by atoms with Crippen LogP contribution < -0.4 is 10.5 Å². The first-order valence-corrected chi connectivity index (χ1v) is 7.69. The van der Waals surface area contributed by atoms with E-state index in [1.165, 1.54) is 30.4 Å². The predicted octanol–water partition coefficient (Wildman–Crippen LogP) is 3.43. The number of nitrogens with zero attached hydrogens (tertiary/aromatic N) is 1. The van der Waals surface area contributed by atoms with Gasteiger partial charge in [0, 0.05) is 12.2 Å². The zero-order chi connectivity index (χ0) is 14.7. The Morgan fingerprint density at radius 1 is 1.10 bits per heavy atom. The SMILES string of the molecule is CC(N)C(Oc1ccc2c(c1)CCCC2)c1ccccn1. The maximum Gasteiger partial charge on any atom is 0.155 e. The molecule has 2 N–H and O–H groups in total. The molecule has 0 saturated heterocycles. The zero-order valence-electron chi connectivity index (χ0n) is 12.5. The molecule has 3 nitrogen and oxygen atoms in total. The number of nitrogens with two attached hydrogens (primary N) is 1. The summed E-state index contributed by atoms with van der Waals surface area (Å²) in [5.74, 6) is 0.892. The Kier molecular flexibility index (Phi) is 4.20. The van der Waals surface area contributed by atoms with Gasteiger partial charge in [0.1, 0.15) is 5.75 Å². The lowest BCUT2D eigenvalue weighted by Gasteiger charge is -2.23. The van der Waals surface area contributed by atoms with Crippen LogP contribution in [0.2, 0.25) is 0 Å². The first-order chi connectivity index (χ1) is 10.2. The van der Waals surface area contributed by atoms with Crippen molar-refractivity contribution in [2.75, 3.05) is 0 Å². The Bertz CT molecular complexity index is 595. The molecule has 2 aromatic rings. The standard InChI is InChI=1S/C18H22N2O/c1-13(19)18(17-8-4-5-11-20-17)21-16-10-9-14-6-2-3-7-15(14)12-16/h4-5,8-13,18H,2-3,6-7,19H2,1H3. The molecule has 3 heteroatoms. The van der Waals surface area contributed by atoms with E-state index in [-0.39, 0.29) is 12.1 Å². The molecule has 0 aliphatic heterocycles. The molecular formula is C18H22N2O. The monoisotopic (exact) mass is 282 g/mol. The highest BCUT2D eigenvalue weighted by molar-refractivity contribution is 5.37. The summed E-state index contributed by atoms with van der Waals surface area (Å²) in [6.07, 6.45) is 6.47. The summed E-state index contributed by atoms with van der Waals surface area (Å²) < 4.78 is 6.14. The number of fused-ring (bicyclic) bond motifs is 1. The first-order valence-electron chi connectivity index (χ1n) is 7.69. The molecule has 1 aromatic heterocycles. The van der Waals surface area contributed by atoms with Crippen molar-refractivity contribution in [2.45, 2.75) is 44.8 Å². The molecule has 110 valence electrons.